The second-order valence-electron chi connectivity index (χ2n) is 13.2. The molecule has 244 valence electrons. The molecule has 0 saturated heterocycles. The number of carbonyl (C=O) groups is 2. The number of halogens is 1. The maximum atomic E-state index is 16.5. The number of para-hydroxylation sites is 1. The number of phenolic OH excluding ortho intramolecular Hbond substituents is 1. The molecule has 9 heteroatoms. The van der Waals surface area contributed by atoms with Crippen LogP contribution in [0.3, 0.4) is 0 Å². The zero-order valence-corrected chi connectivity index (χ0v) is 27.0. The Hall–Kier alpha value is -5.44. The molecule has 1 atom stereocenters. The van der Waals surface area contributed by atoms with Crippen LogP contribution in [0.15, 0.2) is 106 Å². The molecule has 2 heterocycles. The minimum Gasteiger partial charge on any atom is -0.506 e. The number of phenols is 1. The molecular weight excluding hydrogens is 609 g/mol. The number of aryl methyl sites for hydroxylation is 1. The van der Waals surface area contributed by atoms with Crippen molar-refractivity contribution < 1.29 is 28.2 Å². The van der Waals surface area contributed by atoms with Crippen molar-refractivity contribution in [1.29, 1.82) is 0 Å². The third kappa shape index (κ3) is 5.81. The van der Waals surface area contributed by atoms with E-state index in [2.05, 4.69) is 22.5 Å². The molecule has 2 aliphatic carbocycles. The summed E-state index contributed by atoms with van der Waals surface area (Å²) in [6.45, 7) is 5.91. The number of ether oxygens (including phenoxy) is 1. The summed E-state index contributed by atoms with van der Waals surface area (Å²) in [7, 11) is 0. The van der Waals surface area contributed by atoms with E-state index in [1.165, 1.54) is 17.0 Å². The van der Waals surface area contributed by atoms with Gasteiger partial charge in [-0.3, -0.25) is 14.5 Å². The number of hydrogen-bond acceptors (Lipinski definition) is 7. The Labute approximate surface area is 278 Å². The van der Waals surface area contributed by atoms with Crippen molar-refractivity contribution in [2.75, 3.05) is 16.8 Å². The van der Waals surface area contributed by atoms with Crippen LogP contribution in [0.1, 0.15) is 67.5 Å². The van der Waals surface area contributed by atoms with Crippen molar-refractivity contribution in [2.24, 2.45) is 5.41 Å². The highest BCUT2D eigenvalue weighted by Gasteiger charge is 2.45. The first-order chi connectivity index (χ1) is 23.1. The van der Waals surface area contributed by atoms with Crippen molar-refractivity contribution in [3.63, 3.8) is 0 Å². The van der Waals surface area contributed by atoms with E-state index < -0.39 is 23.2 Å². The minimum atomic E-state index is -1.20. The number of amides is 1. The predicted octanol–water partition coefficient (Wildman–Crippen LogP) is 8.61. The molecule has 3 aliphatic rings. The van der Waals surface area contributed by atoms with Crippen molar-refractivity contribution >= 4 is 23.1 Å². The number of aromatic nitrogens is 1. The summed E-state index contributed by atoms with van der Waals surface area (Å²) in [4.78, 5) is 35.0. The van der Waals surface area contributed by atoms with Crippen LogP contribution in [0.25, 0.3) is 11.3 Å². The maximum absolute atomic E-state index is 16.5. The first-order valence-corrected chi connectivity index (χ1v) is 16.1. The van der Waals surface area contributed by atoms with Crippen LogP contribution in [-0.2, 0) is 4.79 Å². The summed E-state index contributed by atoms with van der Waals surface area (Å²) in [5, 5.41) is 14.4. The van der Waals surface area contributed by atoms with Crippen LogP contribution in [0, 0.1) is 18.2 Å². The number of nitrogens with one attached hydrogen (secondary N) is 1. The number of allylic oxidation sites excluding steroid dienone is 3. The van der Waals surface area contributed by atoms with E-state index in [1.54, 1.807) is 31.2 Å². The van der Waals surface area contributed by atoms with E-state index in [0.29, 0.717) is 23.4 Å². The van der Waals surface area contributed by atoms with E-state index in [-0.39, 0.29) is 64.4 Å². The molecule has 1 unspecified atom stereocenters. The van der Waals surface area contributed by atoms with Gasteiger partial charge in [0, 0.05) is 41.8 Å². The lowest BCUT2D eigenvalue weighted by Crippen LogP contribution is -2.40. The first-order valence-electron chi connectivity index (χ1n) is 16.1. The van der Waals surface area contributed by atoms with Gasteiger partial charge in [0.15, 0.2) is 23.1 Å². The molecule has 0 fully saturated rings. The Balaban J connectivity index is 1.41. The van der Waals surface area contributed by atoms with E-state index in [9.17, 15) is 14.7 Å². The zero-order chi connectivity index (χ0) is 33.6. The summed E-state index contributed by atoms with van der Waals surface area (Å²) in [6, 6.07) is 17.2. The van der Waals surface area contributed by atoms with Gasteiger partial charge in [-0.1, -0.05) is 68.5 Å². The molecule has 1 aliphatic heterocycles. The molecule has 4 aromatic rings. The van der Waals surface area contributed by atoms with Crippen LogP contribution in [-0.4, -0.2) is 28.4 Å². The summed E-state index contributed by atoms with van der Waals surface area (Å²) >= 11 is 0. The van der Waals surface area contributed by atoms with Gasteiger partial charge in [-0.05, 0) is 54.5 Å². The number of oxazole rings is 1. The van der Waals surface area contributed by atoms with Gasteiger partial charge in [0.1, 0.15) is 29.6 Å². The molecule has 0 bridgehead atoms. The number of ketones is 1. The minimum absolute atomic E-state index is 0.000181. The number of anilines is 2. The van der Waals surface area contributed by atoms with Crippen molar-refractivity contribution in [2.45, 2.75) is 52.5 Å². The van der Waals surface area contributed by atoms with Gasteiger partial charge in [0.05, 0.1) is 11.7 Å². The highest BCUT2D eigenvalue weighted by molar-refractivity contribution is 6.13. The Morgan fingerprint density at radius 1 is 1.10 bits per heavy atom. The molecule has 0 saturated carbocycles. The van der Waals surface area contributed by atoms with Crippen LogP contribution < -0.4 is 15.0 Å². The van der Waals surface area contributed by atoms with Crippen LogP contribution in [0.5, 0.6) is 11.5 Å². The molecule has 8 nitrogen and oxygen atoms in total. The number of nitrogens with zero attached hydrogens (tertiary/aromatic N) is 2. The lowest BCUT2D eigenvalue weighted by molar-refractivity contribution is -0.118. The number of fused-ring (bicyclic) bond motifs is 1. The Morgan fingerprint density at radius 3 is 2.67 bits per heavy atom. The second kappa shape index (κ2) is 12.3. The normalized spacial score (nSPS) is 18.4. The highest BCUT2D eigenvalue weighted by Crippen LogP contribution is 2.51. The molecule has 0 radical (unpaired) electrons. The maximum Gasteiger partial charge on any atom is 0.281 e. The lowest BCUT2D eigenvalue weighted by atomic mass is 9.73. The number of benzene rings is 3. The van der Waals surface area contributed by atoms with Gasteiger partial charge >= 0.3 is 0 Å². The SMILES string of the molecule is Cc1nc(C(=O)N2c3cccc(O)c3NC3=C(C(=O)CC(C)(C)C3)C2c2ccc(OCC3=CCCC=C3)cc2F)c(-c2ccccc2)o1. The van der Waals surface area contributed by atoms with E-state index in [1.807, 2.05) is 50.3 Å². The Kier molecular flexibility index (Phi) is 7.99. The highest BCUT2D eigenvalue weighted by atomic mass is 19.1. The van der Waals surface area contributed by atoms with Gasteiger partial charge in [-0.25, -0.2) is 9.37 Å². The van der Waals surface area contributed by atoms with Crippen molar-refractivity contribution in [1.82, 2.24) is 4.98 Å². The van der Waals surface area contributed by atoms with Gasteiger partial charge in [-0.2, -0.15) is 0 Å². The molecule has 7 rings (SSSR count). The Bertz CT molecular complexity index is 2020. The molecule has 0 spiro atoms. The largest absolute Gasteiger partial charge is 0.506 e. The predicted molar refractivity (Wildman–Crippen MR) is 181 cm³/mol. The topological polar surface area (TPSA) is 105 Å². The number of hydrogen-bond donors (Lipinski definition) is 2. The quantitative estimate of drug-likeness (QED) is 0.202. The fourth-order valence-electron chi connectivity index (χ4n) is 6.79. The number of carbonyl (C=O) groups excluding carboxylic acids is 2. The van der Waals surface area contributed by atoms with Gasteiger partial charge in [0.25, 0.3) is 5.91 Å². The Morgan fingerprint density at radius 2 is 1.92 bits per heavy atom. The van der Waals surface area contributed by atoms with Crippen LogP contribution in [0.4, 0.5) is 15.8 Å². The third-order valence-corrected chi connectivity index (χ3v) is 8.94. The molecule has 1 aromatic heterocycles. The van der Waals surface area contributed by atoms with Crippen LogP contribution in [0.2, 0.25) is 0 Å². The van der Waals surface area contributed by atoms with Gasteiger partial charge in [-0.15, -0.1) is 0 Å². The van der Waals surface area contributed by atoms with E-state index >= 15 is 4.39 Å². The van der Waals surface area contributed by atoms with Gasteiger partial charge < -0.3 is 19.6 Å². The summed E-state index contributed by atoms with van der Waals surface area (Å²) in [5.74, 6) is -0.770. The summed E-state index contributed by atoms with van der Waals surface area (Å²) in [5.41, 5.74) is 2.61. The average molecular weight is 646 g/mol. The van der Waals surface area contributed by atoms with E-state index in [4.69, 9.17) is 9.15 Å². The number of Topliss-reactive ketones (excluding diaryl/α,β-unsaturated/α-hetero) is 1. The standard InChI is InChI=1S/C39H36FN3O5/c1-23-41-35(37(48-23)25-13-8-5-9-14-25)38(46)43-30-15-10-16-31(44)34(30)42-29-20-39(2,3)21-32(45)33(29)36(43)27-18-17-26(19-28(27)40)47-22-24-11-6-4-7-12-24/h5-6,8-19,36,42,44H,4,7,20-22H2,1-3H3. The van der Waals surface area contributed by atoms with Crippen molar-refractivity contribution in [3.8, 4) is 22.8 Å². The fourth-order valence-corrected chi connectivity index (χ4v) is 6.79. The molecule has 1 amide bonds. The third-order valence-electron chi connectivity index (χ3n) is 8.94. The average Bonchev–Trinajstić information content (AvgIpc) is 3.39. The zero-order valence-electron chi connectivity index (χ0n) is 27.0. The van der Waals surface area contributed by atoms with Gasteiger partial charge in [0.2, 0.25) is 0 Å². The second-order valence-corrected chi connectivity index (χ2v) is 13.2. The summed E-state index contributed by atoms with van der Waals surface area (Å²) in [6.07, 6.45) is 8.72. The fraction of sp³-hybridized carbons (Fsp3) is 0.256. The number of aromatic hydroxyl groups is 1. The summed E-state index contributed by atoms with van der Waals surface area (Å²) < 4.78 is 28.4. The number of rotatable bonds is 6. The first kappa shape index (κ1) is 31.2. The molecular formula is C39H36FN3O5. The smallest absolute Gasteiger partial charge is 0.281 e. The monoisotopic (exact) mass is 645 g/mol. The molecule has 2 N–H and O–H groups in total. The van der Waals surface area contributed by atoms with Crippen LogP contribution >= 0.6 is 0 Å². The van der Waals surface area contributed by atoms with Crippen molar-refractivity contribution in [3.05, 3.63) is 125 Å². The van der Waals surface area contributed by atoms with E-state index in [0.717, 1.165) is 18.4 Å². The molecule has 3 aromatic carbocycles. The lowest BCUT2D eigenvalue weighted by Gasteiger charge is -2.37. The molecule has 48 heavy (non-hydrogen) atoms.